The van der Waals surface area contributed by atoms with Gasteiger partial charge in [-0.25, -0.2) is 0 Å². The Morgan fingerprint density at radius 2 is 2.16 bits per heavy atom. The molecule has 0 fully saturated rings. The van der Waals surface area contributed by atoms with E-state index in [2.05, 4.69) is 15.5 Å². The predicted molar refractivity (Wildman–Crippen MR) is 72.7 cm³/mol. The Morgan fingerprint density at radius 1 is 1.32 bits per heavy atom. The van der Waals surface area contributed by atoms with Crippen LogP contribution in [0.15, 0.2) is 18.2 Å². The van der Waals surface area contributed by atoms with Gasteiger partial charge < -0.3 is 19.9 Å². The van der Waals surface area contributed by atoms with Crippen molar-refractivity contribution in [3.05, 3.63) is 28.8 Å². The highest BCUT2D eigenvalue weighted by Crippen LogP contribution is 2.29. The van der Waals surface area contributed by atoms with Gasteiger partial charge in [0.2, 0.25) is 5.13 Å². The lowest BCUT2D eigenvalue weighted by Gasteiger charge is -2.10. The fourth-order valence-electron chi connectivity index (χ4n) is 1.48. The third-order valence-electron chi connectivity index (χ3n) is 2.44. The van der Waals surface area contributed by atoms with Crippen LogP contribution in [-0.4, -0.2) is 29.5 Å². The third-order valence-corrected chi connectivity index (χ3v) is 3.36. The summed E-state index contributed by atoms with van der Waals surface area (Å²) in [7, 11) is 3.36. The Hall–Kier alpha value is -1.86. The highest BCUT2D eigenvalue weighted by Gasteiger charge is 2.08. The summed E-state index contributed by atoms with van der Waals surface area (Å²) in [5, 5.41) is 21.4. The summed E-state index contributed by atoms with van der Waals surface area (Å²) >= 11 is 1.43. The van der Waals surface area contributed by atoms with Gasteiger partial charge in [-0.3, -0.25) is 0 Å². The molecule has 0 atom stereocenters. The van der Waals surface area contributed by atoms with Crippen molar-refractivity contribution in [3.8, 4) is 11.5 Å². The van der Waals surface area contributed by atoms with Gasteiger partial charge in [0.1, 0.15) is 6.61 Å². The molecule has 1 aromatic heterocycles. The van der Waals surface area contributed by atoms with Crippen LogP contribution in [0.3, 0.4) is 0 Å². The third kappa shape index (κ3) is 3.33. The summed E-state index contributed by atoms with van der Waals surface area (Å²) < 4.78 is 10.9. The summed E-state index contributed by atoms with van der Waals surface area (Å²) in [6.07, 6.45) is 0. The van der Waals surface area contributed by atoms with Gasteiger partial charge in [-0.05, 0) is 17.7 Å². The van der Waals surface area contributed by atoms with Gasteiger partial charge in [-0.15, -0.1) is 10.2 Å². The Morgan fingerprint density at radius 3 is 2.79 bits per heavy atom. The second-order valence-electron chi connectivity index (χ2n) is 3.68. The molecule has 0 radical (unpaired) electrons. The molecule has 2 N–H and O–H groups in total. The lowest BCUT2D eigenvalue weighted by molar-refractivity contribution is 0.273. The molecule has 0 amide bonds. The number of hydrogen-bond donors (Lipinski definition) is 2. The number of aliphatic hydroxyl groups is 1. The van der Waals surface area contributed by atoms with E-state index >= 15 is 0 Å². The van der Waals surface area contributed by atoms with Crippen molar-refractivity contribution in [2.24, 2.45) is 0 Å². The zero-order valence-corrected chi connectivity index (χ0v) is 11.5. The molecule has 102 valence electrons. The first kappa shape index (κ1) is 13.6. The zero-order valence-electron chi connectivity index (χ0n) is 10.7. The quantitative estimate of drug-likeness (QED) is 0.838. The summed E-state index contributed by atoms with van der Waals surface area (Å²) in [5.41, 5.74) is 0.776. The monoisotopic (exact) mass is 281 g/mol. The van der Waals surface area contributed by atoms with Crippen molar-refractivity contribution in [3.63, 3.8) is 0 Å². The van der Waals surface area contributed by atoms with Crippen LogP contribution >= 0.6 is 11.3 Å². The molecule has 0 aliphatic rings. The van der Waals surface area contributed by atoms with E-state index in [9.17, 15) is 0 Å². The summed E-state index contributed by atoms with van der Waals surface area (Å²) in [6.45, 7) is 0.298. The van der Waals surface area contributed by atoms with Crippen LogP contribution in [0.1, 0.15) is 10.6 Å². The van der Waals surface area contributed by atoms with Gasteiger partial charge in [0.15, 0.2) is 16.5 Å². The van der Waals surface area contributed by atoms with Crippen LogP contribution in [0.2, 0.25) is 0 Å². The molecule has 0 unspecified atom stereocenters. The highest BCUT2D eigenvalue weighted by atomic mass is 32.1. The smallest absolute Gasteiger partial charge is 0.205 e. The van der Waals surface area contributed by atoms with Crippen LogP contribution in [-0.2, 0) is 13.2 Å². The standard InChI is InChI=1S/C12H15N3O3S/c1-13-12-15-14-11(19-12)7-18-9-4-3-8(6-16)5-10(9)17-2/h3-5,16H,6-7H2,1-2H3,(H,13,15). The van der Waals surface area contributed by atoms with Gasteiger partial charge >= 0.3 is 0 Å². The molecule has 0 aliphatic heterocycles. The number of methoxy groups -OCH3 is 1. The van der Waals surface area contributed by atoms with Crippen LogP contribution in [0, 0.1) is 0 Å². The van der Waals surface area contributed by atoms with Crippen LogP contribution in [0.4, 0.5) is 5.13 Å². The zero-order chi connectivity index (χ0) is 13.7. The molecule has 2 rings (SSSR count). The minimum Gasteiger partial charge on any atom is -0.493 e. The van der Waals surface area contributed by atoms with E-state index in [4.69, 9.17) is 14.6 Å². The molecular weight excluding hydrogens is 266 g/mol. The number of rotatable bonds is 6. The topological polar surface area (TPSA) is 76.5 Å². The van der Waals surface area contributed by atoms with Crippen LogP contribution < -0.4 is 14.8 Å². The molecule has 6 nitrogen and oxygen atoms in total. The summed E-state index contributed by atoms with van der Waals surface area (Å²) in [4.78, 5) is 0. The normalized spacial score (nSPS) is 10.3. The molecule has 1 aromatic carbocycles. The van der Waals surface area contributed by atoms with Gasteiger partial charge in [0.05, 0.1) is 13.7 Å². The van der Waals surface area contributed by atoms with Gasteiger partial charge in [-0.1, -0.05) is 17.4 Å². The maximum absolute atomic E-state index is 9.07. The van der Waals surface area contributed by atoms with E-state index in [1.54, 1.807) is 32.4 Å². The molecule has 0 saturated carbocycles. The van der Waals surface area contributed by atoms with Crippen LogP contribution in [0.25, 0.3) is 0 Å². The molecular formula is C12H15N3O3S. The maximum Gasteiger partial charge on any atom is 0.205 e. The summed E-state index contributed by atoms with van der Waals surface area (Å²) in [6, 6.07) is 5.30. The number of anilines is 1. The van der Waals surface area contributed by atoms with Gasteiger partial charge in [-0.2, -0.15) is 0 Å². The van der Waals surface area contributed by atoms with E-state index in [0.29, 0.717) is 18.1 Å². The molecule has 2 aromatic rings. The number of aromatic nitrogens is 2. The number of benzene rings is 1. The number of ether oxygens (including phenoxy) is 2. The van der Waals surface area contributed by atoms with Gasteiger partial charge in [0.25, 0.3) is 0 Å². The molecule has 0 bridgehead atoms. The Labute approximate surface area is 115 Å². The Kier molecular flexibility index (Phi) is 4.53. The van der Waals surface area contributed by atoms with Crippen molar-refractivity contribution < 1.29 is 14.6 Å². The lowest BCUT2D eigenvalue weighted by Crippen LogP contribution is -1.98. The van der Waals surface area contributed by atoms with E-state index < -0.39 is 0 Å². The number of hydrogen-bond acceptors (Lipinski definition) is 7. The van der Waals surface area contributed by atoms with E-state index in [1.165, 1.54) is 11.3 Å². The first-order chi connectivity index (χ1) is 9.26. The minimum atomic E-state index is -0.0292. The van der Waals surface area contributed by atoms with Crippen LogP contribution in [0.5, 0.6) is 11.5 Å². The molecule has 0 saturated heterocycles. The van der Waals surface area contributed by atoms with Crippen molar-refractivity contribution in [1.82, 2.24) is 10.2 Å². The lowest BCUT2D eigenvalue weighted by atomic mass is 10.2. The van der Waals surface area contributed by atoms with Crippen molar-refractivity contribution in [2.75, 3.05) is 19.5 Å². The second kappa shape index (κ2) is 6.35. The molecule has 7 heteroatoms. The maximum atomic E-state index is 9.07. The average molecular weight is 281 g/mol. The van der Waals surface area contributed by atoms with E-state index in [0.717, 1.165) is 15.7 Å². The number of aliphatic hydroxyl groups excluding tert-OH is 1. The summed E-state index contributed by atoms with van der Waals surface area (Å²) in [5.74, 6) is 1.20. The van der Waals surface area contributed by atoms with Crippen molar-refractivity contribution >= 4 is 16.5 Å². The highest BCUT2D eigenvalue weighted by molar-refractivity contribution is 7.15. The number of nitrogens with zero attached hydrogens (tertiary/aromatic N) is 2. The van der Waals surface area contributed by atoms with Gasteiger partial charge in [0, 0.05) is 7.05 Å². The fourth-order valence-corrected chi connectivity index (χ4v) is 2.09. The second-order valence-corrected chi connectivity index (χ2v) is 4.75. The Balaban J connectivity index is 2.06. The molecule has 0 spiro atoms. The number of nitrogens with one attached hydrogen (secondary N) is 1. The molecule has 19 heavy (non-hydrogen) atoms. The SMILES string of the molecule is CNc1nnc(COc2ccc(CO)cc2OC)s1. The minimum absolute atomic E-state index is 0.0292. The fraction of sp³-hybridized carbons (Fsp3) is 0.333. The first-order valence-electron chi connectivity index (χ1n) is 5.67. The predicted octanol–water partition coefficient (Wildman–Crippen LogP) is 1.66. The largest absolute Gasteiger partial charge is 0.493 e. The molecule has 1 heterocycles. The average Bonchev–Trinajstić information content (AvgIpc) is 2.92. The Bertz CT molecular complexity index is 545. The van der Waals surface area contributed by atoms with E-state index in [1.807, 2.05) is 0 Å². The first-order valence-corrected chi connectivity index (χ1v) is 6.49. The van der Waals surface area contributed by atoms with Crippen molar-refractivity contribution in [1.29, 1.82) is 0 Å². The molecule has 0 aliphatic carbocycles. The van der Waals surface area contributed by atoms with Crippen molar-refractivity contribution in [2.45, 2.75) is 13.2 Å². The van der Waals surface area contributed by atoms with E-state index in [-0.39, 0.29) is 6.61 Å².